The van der Waals surface area contributed by atoms with Gasteiger partial charge in [-0.2, -0.15) is 0 Å². The average molecular weight is 378 g/mol. The molecule has 1 saturated carbocycles. The second kappa shape index (κ2) is 6.81. The van der Waals surface area contributed by atoms with Crippen molar-refractivity contribution < 1.29 is 9.50 Å². The molecule has 138 valence electrons. The number of hydrogen-bond donors (Lipinski definition) is 2. The fourth-order valence-electron chi connectivity index (χ4n) is 3.31. The third-order valence-electron chi connectivity index (χ3n) is 4.97. The summed E-state index contributed by atoms with van der Waals surface area (Å²) in [4.78, 5) is 13.4. The van der Waals surface area contributed by atoms with Gasteiger partial charge in [0.15, 0.2) is 17.0 Å². The Kier molecular flexibility index (Phi) is 4.86. The van der Waals surface area contributed by atoms with Gasteiger partial charge in [-0.15, -0.1) is 12.4 Å². The van der Waals surface area contributed by atoms with Gasteiger partial charge in [0.25, 0.3) is 0 Å². The summed E-state index contributed by atoms with van der Waals surface area (Å²) in [5.41, 5.74) is 7.27. The molecule has 0 bridgehead atoms. The number of aliphatic hydroxyl groups is 1. The zero-order valence-electron chi connectivity index (χ0n) is 14.4. The van der Waals surface area contributed by atoms with Gasteiger partial charge >= 0.3 is 0 Å². The van der Waals surface area contributed by atoms with Crippen LogP contribution in [-0.4, -0.2) is 30.2 Å². The van der Waals surface area contributed by atoms with E-state index in [1.54, 1.807) is 16.7 Å². The van der Waals surface area contributed by atoms with E-state index < -0.39 is 5.60 Å². The maximum Gasteiger partial charge on any atom is 0.165 e. The van der Waals surface area contributed by atoms with E-state index >= 15 is 0 Å². The summed E-state index contributed by atoms with van der Waals surface area (Å²) in [5, 5.41) is 10.2. The molecule has 2 heterocycles. The lowest BCUT2D eigenvalue weighted by Crippen LogP contribution is -2.37. The van der Waals surface area contributed by atoms with Crippen LogP contribution >= 0.6 is 12.4 Å². The Morgan fingerprint density at radius 2 is 2.04 bits per heavy atom. The van der Waals surface area contributed by atoms with Crippen molar-refractivity contribution in [1.82, 2.24) is 19.5 Å². The summed E-state index contributed by atoms with van der Waals surface area (Å²) in [6.07, 6.45) is 3.93. The van der Waals surface area contributed by atoms with Gasteiger partial charge in [0.05, 0.1) is 5.60 Å². The molecule has 1 aliphatic carbocycles. The predicted octanol–water partition coefficient (Wildman–Crippen LogP) is 3.02. The molecule has 3 N–H and O–H groups in total. The lowest BCUT2D eigenvalue weighted by atomic mass is 9.77. The minimum Gasteiger partial charge on any atom is -0.390 e. The fraction of sp³-hybridized carbons (Fsp3) is 0.389. The Morgan fingerprint density at radius 3 is 2.69 bits per heavy atom. The number of benzene rings is 1. The van der Waals surface area contributed by atoms with Gasteiger partial charge in [-0.25, -0.2) is 19.3 Å². The molecule has 8 heteroatoms. The molecule has 0 saturated heterocycles. The van der Waals surface area contributed by atoms with Crippen LogP contribution in [-0.2, 0) is 13.5 Å². The number of anilines is 1. The van der Waals surface area contributed by atoms with Crippen molar-refractivity contribution in [3.05, 3.63) is 35.9 Å². The first-order valence-corrected chi connectivity index (χ1v) is 8.42. The molecule has 0 amide bonds. The van der Waals surface area contributed by atoms with Gasteiger partial charge in [-0.3, -0.25) is 0 Å². The number of imidazole rings is 1. The first kappa shape index (κ1) is 18.5. The van der Waals surface area contributed by atoms with Gasteiger partial charge in [-0.05, 0) is 37.8 Å². The monoisotopic (exact) mass is 377 g/mol. The summed E-state index contributed by atoms with van der Waals surface area (Å²) in [7, 11) is 1.82. The third kappa shape index (κ3) is 3.24. The van der Waals surface area contributed by atoms with Crippen LogP contribution in [0.1, 0.15) is 31.5 Å². The van der Waals surface area contributed by atoms with E-state index in [0.29, 0.717) is 47.0 Å². The zero-order chi connectivity index (χ0) is 17.6. The van der Waals surface area contributed by atoms with Gasteiger partial charge in [0.2, 0.25) is 0 Å². The van der Waals surface area contributed by atoms with Crippen molar-refractivity contribution >= 4 is 29.4 Å². The number of hydrogen-bond acceptors (Lipinski definition) is 5. The summed E-state index contributed by atoms with van der Waals surface area (Å²) in [6, 6.07) is 6.26. The van der Waals surface area contributed by atoms with Gasteiger partial charge in [0, 0.05) is 19.0 Å². The van der Waals surface area contributed by atoms with Crippen LogP contribution in [0.4, 0.5) is 10.2 Å². The third-order valence-corrected chi connectivity index (χ3v) is 4.97. The lowest BCUT2D eigenvalue weighted by molar-refractivity contribution is -0.0401. The smallest absolute Gasteiger partial charge is 0.165 e. The highest BCUT2D eigenvalue weighted by Gasteiger charge is 2.34. The minimum absolute atomic E-state index is 0. The van der Waals surface area contributed by atoms with Crippen LogP contribution in [0.15, 0.2) is 24.3 Å². The molecule has 0 spiro atoms. The molecule has 1 aliphatic rings. The van der Waals surface area contributed by atoms with E-state index in [1.165, 1.54) is 12.1 Å². The molecule has 1 aromatic carbocycles. The molecule has 3 aromatic rings. The average Bonchev–Trinajstić information content (AvgIpc) is 2.89. The van der Waals surface area contributed by atoms with Crippen LogP contribution in [0.3, 0.4) is 0 Å². The molecule has 1 fully saturated rings. The van der Waals surface area contributed by atoms with Crippen molar-refractivity contribution in [2.75, 3.05) is 5.73 Å². The van der Waals surface area contributed by atoms with Crippen molar-refractivity contribution in [2.45, 2.75) is 37.7 Å². The quantitative estimate of drug-likeness (QED) is 0.729. The molecule has 0 radical (unpaired) electrons. The van der Waals surface area contributed by atoms with E-state index in [1.807, 2.05) is 7.05 Å². The predicted molar refractivity (Wildman–Crippen MR) is 100 cm³/mol. The second-order valence-electron chi connectivity index (χ2n) is 6.78. The molecule has 2 aromatic heterocycles. The number of nitrogens with zero attached hydrogens (tertiary/aromatic N) is 4. The topological polar surface area (TPSA) is 89.9 Å². The number of fused-ring (bicyclic) bond motifs is 1. The lowest BCUT2D eigenvalue weighted by Gasteiger charge is -2.36. The largest absolute Gasteiger partial charge is 0.390 e. The van der Waals surface area contributed by atoms with Crippen LogP contribution in [0, 0.1) is 5.82 Å². The van der Waals surface area contributed by atoms with Gasteiger partial charge in [0.1, 0.15) is 17.5 Å². The molecule has 4 rings (SSSR count). The minimum atomic E-state index is -0.577. The summed E-state index contributed by atoms with van der Waals surface area (Å²) < 4.78 is 15.3. The number of aryl methyl sites for hydroxylation is 2. The Hall–Kier alpha value is -2.25. The second-order valence-corrected chi connectivity index (χ2v) is 6.78. The van der Waals surface area contributed by atoms with Crippen LogP contribution in [0.2, 0.25) is 0 Å². The Bertz CT molecular complexity index is 954. The molecule has 0 unspecified atom stereocenters. The van der Waals surface area contributed by atoms with Crippen molar-refractivity contribution in [3.8, 4) is 11.4 Å². The normalized spacial score (nSPS) is 15.5. The summed E-state index contributed by atoms with van der Waals surface area (Å²) in [5.74, 6) is 1.17. The van der Waals surface area contributed by atoms with E-state index in [-0.39, 0.29) is 18.2 Å². The Morgan fingerprint density at radius 1 is 1.27 bits per heavy atom. The van der Waals surface area contributed by atoms with E-state index in [4.69, 9.17) is 5.73 Å². The fourth-order valence-corrected chi connectivity index (χ4v) is 3.31. The maximum absolute atomic E-state index is 13.5. The molecule has 26 heavy (non-hydrogen) atoms. The molecular formula is C18H21ClFN5O. The van der Waals surface area contributed by atoms with E-state index in [9.17, 15) is 9.50 Å². The van der Waals surface area contributed by atoms with E-state index in [2.05, 4.69) is 15.0 Å². The van der Waals surface area contributed by atoms with Crippen LogP contribution in [0.25, 0.3) is 22.6 Å². The molecule has 0 aliphatic heterocycles. The first-order valence-electron chi connectivity index (χ1n) is 8.42. The summed E-state index contributed by atoms with van der Waals surface area (Å²) in [6.45, 7) is 0. The highest BCUT2D eigenvalue weighted by Crippen LogP contribution is 2.35. The summed E-state index contributed by atoms with van der Waals surface area (Å²) >= 11 is 0. The Labute approximate surface area is 156 Å². The Balaban J connectivity index is 0.00000196. The van der Waals surface area contributed by atoms with E-state index in [0.717, 1.165) is 19.3 Å². The van der Waals surface area contributed by atoms with Gasteiger partial charge in [-0.1, -0.05) is 12.1 Å². The molecule has 6 nitrogen and oxygen atoms in total. The van der Waals surface area contributed by atoms with Crippen molar-refractivity contribution in [2.24, 2.45) is 7.05 Å². The molecule has 0 atom stereocenters. The number of nitrogen functional groups attached to an aromatic ring is 1. The van der Waals surface area contributed by atoms with Crippen LogP contribution < -0.4 is 5.73 Å². The highest BCUT2D eigenvalue weighted by molar-refractivity contribution is 5.85. The maximum atomic E-state index is 13.5. The van der Waals surface area contributed by atoms with Crippen LogP contribution in [0.5, 0.6) is 0 Å². The number of halogens is 2. The van der Waals surface area contributed by atoms with Gasteiger partial charge < -0.3 is 15.4 Å². The first-order chi connectivity index (χ1) is 12.0. The molecular weight excluding hydrogens is 357 g/mol. The number of rotatable bonds is 4. The number of aromatic nitrogens is 4. The highest BCUT2D eigenvalue weighted by atomic mass is 35.5. The standard InChI is InChI=1S/C18H20FN5O.ClH/c1-24-16(11-4-2-5-12(19)10-11)23-14-15(20)21-13(22-17(14)24)6-9-18(25)7-3-8-18;/h2,4-5,10,25H,3,6-9H2,1H3,(H2,20,21,22);1H. The SMILES string of the molecule is Cl.Cn1c(-c2cccc(F)c2)nc2c(N)nc(CCC3(O)CCC3)nc21. The zero-order valence-corrected chi connectivity index (χ0v) is 15.3. The number of nitrogens with two attached hydrogens (primary N) is 1. The van der Waals surface area contributed by atoms with Crippen molar-refractivity contribution in [3.63, 3.8) is 0 Å². The van der Waals surface area contributed by atoms with Crippen molar-refractivity contribution in [1.29, 1.82) is 0 Å².